The molecule has 0 aliphatic heterocycles. The molecule has 0 amide bonds. The van der Waals surface area contributed by atoms with Crippen molar-refractivity contribution in [1.29, 1.82) is 0 Å². The molecule has 0 saturated carbocycles. The highest BCUT2D eigenvalue weighted by Crippen LogP contribution is 2.43. The summed E-state index contributed by atoms with van der Waals surface area (Å²) in [5, 5.41) is 0. The molecule has 0 saturated heterocycles. The predicted octanol–water partition coefficient (Wildman–Crippen LogP) is 4.66. The molecule has 0 fully saturated rings. The average molecular weight is 286 g/mol. The molecule has 0 bridgehead atoms. The third-order valence-electron chi connectivity index (χ3n) is 5.16. The van der Waals surface area contributed by atoms with Crippen LogP contribution in [0.1, 0.15) is 59.3 Å². The summed E-state index contributed by atoms with van der Waals surface area (Å²) in [6.07, 6.45) is 12.0. The number of unbranched alkanes of at least 4 members (excludes halogenated alkanes) is 1. The van der Waals surface area contributed by atoms with Crippen LogP contribution >= 0.6 is 0 Å². The Hall–Kier alpha value is -1.05. The Kier molecular flexibility index (Phi) is 7.78. The third kappa shape index (κ3) is 4.73. The molecule has 3 unspecified atom stereocenters. The molecule has 0 radical (unpaired) electrons. The molecule has 1 aliphatic carbocycles. The first-order valence-electron chi connectivity index (χ1n) is 8.52. The van der Waals surface area contributed by atoms with Crippen LogP contribution in [0, 0.1) is 11.8 Å². The predicted molar refractivity (Wildman–Crippen MR) is 95.4 cm³/mol. The van der Waals surface area contributed by atoms with E-state index in [0.717, 1.165) is 37.5 Å². The van der Waals surface area contributed by atoms with Crippen LogP contribution in [0.15, 0.2) is 35.5 Å². The zero-order valence-electron chi connectivity index (χ0n) is 14.3. The van der Waals surface area contributed by atoms with Gasteiger partial charge in [-0.2, -0.15) is 0 Å². The highest BCUT2D eigenvalue weighted by atomic mass is 16.1. The molecule has 0 aromatic heterocycles. The smallest absolute Gasteiger partial charge is 0.145 e. The molecule has 1 aliphatic rings. The molecule has 0 aromatic carbocycles. The number of carbonyl (C=O) groups is 1. The molecule has 1 nitrogen and oxygen atoms in total. The molecule has 1 rings (SSSR count). The minimum absolute atomic E-state index is 0.344. The quantitative estimate of drug-likeness (QED) is 0.274. The minimum Gasteiger partial charge on any atom is -0.298 e. The van der Waals surface area contributed by atoms with Crippen LogP contribution in [-0.2, 0) is 4.79 Å². The summed E-state index contributed by atoms with van der Waals surface area (Å²) in [5.74, 6) is 1.57. The molecule has 3 atom stereocenters. The Bertz CT molecular complexity index is 419. The van der Waals surface area contributed by atoms with Gasteiger partial charge in [0.25, 0.3) is 0 Å². The van der Waals surface area contributed by atoms with Gasteiger partial charge in [0.2, 0.25) is 0 Å². The number of hydrogen-bond acceptors (Lipinski definition) is 1. The van der Waals surface area contributed by atoms with Crippen molar-refractivity contribution in [2.24, 2.45) is 11.8 Å². The van der Waals surface area contributed by atoms with E-state index in [9.17, 15) is 4.79 Å². The summed E-state index contributed by atoms with van der Waals surface area (Å²) < 4.78 is 0. The summed E-state index contributed by atoms with van der Waals surface area (Å²) in [6, 6.07) is 0. The molecule has 0 spiro atoms. The Morgan fingerprint density at radius 1 is 1.43 bits per heavy atom. The van der Waals surface area contributed by atoms with Crippen LogP contribution in [0.3, 0.4) is 0 Å². The van der Waals surface area contributed by atoms with Crippen LogP contribution in [0.4, 0.5) is 0 Å². The second-order valence-electron chi connectivity index (χ2n) is 6.52. The molecular weight excluding hydrogens is 255 g/mol. The molecular formula is C19H31BO. The summed E-state index contributed by atoms with van der Waals surface area (Å²) in [5.41, 5.74) is 4.14. The highest BCUT2D eigenvalue weighted by molar-refractivity contribution is 6.13. The Morgan fingerprint density at radius 2 is 2.14 bits per heavy atom. The van der Waals surface area contributed by atoms with E-state index in [4.69, 9.17) is 0 Å². The van der Waals surface area contributed by atoms with Crippen molar-refractivity contribution >= 4 is 14.1 Å². The largest absolute Gasteiger partial charge is 0.298 e. The van der Waals surface area contributed by atoms with E-state index in [1.165, 1.54) is 12.8 Å². The molecule has 2 heteroatoms. The summed E-state index contributed by atoms with van der Waals surface area (Å²) in [6.45, 7) is 10.5. The van der Waals surface area contributed by atoms with Crippen LogP contribution in [-0.4, -0.2) is 14.1 Å². The number of allylic oxidation sites excluding steroid dienone is 5. The standard InChI is InChI=1S/C19H31BO/c1-5-7-9-16(13-21)14(3)18-11-12-19(20)15(4)17(18)10-8-6-2/h6,9,13-14,18-19H,2,5,7-8,10-12,20H2,1,3-4H3/b16-9-. The Morgan fingerprint density at radius 3 is 2.71 bits per heavy atom. The SMILES string of the molecule is BC1CCC(C(C)/C(C=O)=C\CCC)C(CCC=C)=C1C. The molecule has 0 aromatic rings. The van der Waals surface area contributed by atoms with Gasteiger partial charge in [0.15, 0.2) is 0 Å². The maximum atomic E-state index is 11.5. The van der Waals surface area contributed by atoms with Crippen LogP contribution in [0.2, 0.25) is 5.82 Å². The number of rotatable bonds is 8. The lowest BCUT2D eigenvalue weighted by Crippen LogP contribution is -2.23. The Balaban J connectivity index is 3.01. The molecule has 0 heterocycles. The van der Waals surface area contributed by atoms with Gasteiger partial charge in [-0.1, -0.05) is 50.0 Å². The van der Waals surface area contributed by atoms with E-state index < -0.39 is 0 Å². The van der Waals surface area contributed by atoms with Crippen molar-refractivity contribution < 1.29 is 4.79 Å². The average Bonchev–Trinajstić information content (AvgIpc) is 2.49. The molecule has 21 heavy (non-hydrogen) atoms. The first kappa shape index (κ1) is 18.0. The zero-order valence-corrected chi connectivity index (χ0v) is 14.3. The zero-order chi connectivity index (χ0) is 15.8. The van der Waals surface area contributed by atoms with Gasteiger partial charge in [-0.25, -0.2) is 0 Å². The molecule has 0 N–H and O–H groups in total. The van der Waals surface area contributed by atoms with Crippen LogP contribution < -0.4 is 0 Å². The fourth-order valence-corrected chi connectivity index (χ4v) is 3.51. The number of hydrogen-bond donors (Lipinski definition) is 0. The van der Waals surface area contributed by atoms with Crippen LogP contribution in [0.5, 0.6) is 0 Å². The first-order valence-corrected chi connectivity index (χ1v) is 8.52. The topological polar surface area (TPSA) is 17.1 Å². The van der Waals surface area contributed by atoms with Crippen LogP contribution in [0.25, 0.3) is 0 Å². The van der Waals surface area contributed by atoms with E-state index in [1.54, 1.807) is 11.1 Å². The van der Waals surface area contributed by atoms with Gasteiger partial charge in [0.1, 0.15) is 14.1 Å². The van der Waals surface area contributed by atoms with Crippen molar-refractivity contribution in [3.05, 3.63) is 35.5 Å². The van der Waals surface area contributed by atoms with E-state index >= 15 is 0 Å². The lowest BCUT2D eigenvalue weighted by molar-refractivity contribution is -0.105. The van der Waals surface area contributed by atoms with Crippen molar-refractivity contribution in [2.45, 2.75) is 65.1 Å². The number of aldehydes is 1. The van der Waals surface area contributed by atoms with Crippen molar-refractivity contribution in [3.8, 4) is 0 Å². The van der Waals surface area contributed by atoms with Gasteiger partial charge in [-0.05, 0) is 55.8 Å². The van der Waals surface area contributed by atoms with Gasteiger partial charge in [0, 0.05) is 0 Å². The van der Waals surface area contributed by atoms with Crippen molar-refractivity contribution in [2.75, 3.05) is 0 Å². The van der Waals surface area contributed by atoms with E-state index in [1.807, 2.05) is 6.08 Å². The number of carbonyl (C=O) groups excluding carboxylic acids is 1. The first-order chi connectivity index (χ1) is 10.1. The minimum atomic E-state index is 0.344. The Labute approximate surface area is 132 Å². The van der Waals surface area contributed by atoms with Gasteiger partial charge < -0.3 is 0 Å². The van der Waals surface area contributed by atoms with E-state index in [2.05, 4.69) is 41.3 Å². The summed E-state index contributed by atoms with van der Waals surface area (Å²) >= 11 is 0. The van der Waals surface area contributed by atoms with Gasteiger partial charge in [0.05, 0.1) is 0 Å². The van der Waals surface area contributed by atoms with Crippen molar-refractivity contribution in [3.63, 3.8) is 0 Å². The lowest BCUT2D eigenvalue weighted by atomic mass is 9.64. The fourth-order valence-electron chi connectivity index (χ4n) is 3.51. The van der Waals surface area contributed by atoms with Gasteiger partial charge >= 0.3 is 0 Å². The van der Waals surface area contributed by atoms with E-state index in [-0.39, 0.29) is 0 Å². The maximum absolute atomic E-state index is 11.5. The fraction of sp³-hybridized carbons (Fsp3) is 0.632. The normalized spacial score (nSPS) is 24.8. The monoisotopic (exact) mass is 286 g/mol. The second-order valence-corrected chi connectivity index (χ2v) is 6.52. The van der Waals surface area contributed by atoms with Gasteiger partial charge in [-0.15, -0.1) is 6.58 Å². The summed E-state index contributed by atoms with van der Waals surface area (Å²) in [4.78, 5) is 11.5. The maximum Gasteiger partial charge on any atom is 0.145 e. The third-order valence-corrected chi connectivity index (χ3v) is 5.16. The van der Waals surface area contributed by atoms with E-state index in [0.29, 0.717) is 17.7 Å². The van der Waals surface area contributed by atoms with Crippen molar-refractivity contribution in [1.82, 2.24) is 0 Å². The highest BCUT2D eigenvalue weighted by Gasteiger charge is 2.30. The summed E-state index contributed by atoms with van der Waals surface area (Å²) in [7, 11) is 2.33. The lowest BCUT2D eigenvalue weighted by Gasteiger charge is -2.35. The second kappa shape index (κ2) is 9.07. The van der Waals surface area contributed by atoms with Gasteiger partial charge in [-0.3, -0.25) is 4.79 Å². The molecule has 116 valence electrons.